The molecule has 32 heteroatoms. The number of thioether (sulfide) groups is 1. The first-order chi connectivity index (χ1) is 47.8. The number of hydrogen-bond donors (Lipinski definition) is 14. The molecule has 0 radical (unpaired) electrons. The number of hydrogen-bond acceptors (Lipinski definition) is 29. The number of methoxy groups -OCH3 is 1. The molecule has 2 bridgehead atoms. The number of aliphatic hydroxyl groups excluding tert-OH is 10. The molecular formula is C68H110FN5O25S. The van der Waals surface area contributed by atoms with Crippen LogP contribution in [0.5, 0.6) is 0 Å². The second-order valence-corrected chi connectivity index (χ2v) is 26.0. The van der Waals surface area contributed by atoms with Crippen LogP contribution in [0.2, 0.25) is 0 Å². The number of nitrogens with one attached hydrogen (secondary N) is 1. The number of amides is 1. The van der Waals surface area contributed by atoms with Gasteiger partial charge in [0.2, 0.25) is 5.91 Å². The third kappa shape index (κ3) is 32.9. The van der Waals surface area contributed by atoms with Gasteiger partial charge in [-0.2, -0.15) is 4.98 Å². The molecule has 1 aromatic heterocycles. The zero-order valence-electron chi connectivity index (χ0n) is 57.7. The minimum atomic E-state index is -2.28. The van der Waals surface area contributed by atoms with Crippen LogP contribution in [0.1, 0.15) is 85.3 Å². The van der Waals surface area contributed by atoms with Gasteiger partial charge in [0.1, 0.15) is 23.9 Å². The van der Waals surface area contributed by atoms with Crippen LogP contribution in [-0.4, -0.2) is 279 Å². The van der Waals surface area contributed by atoms with Gasteiger partial charge in [0.25, 0.3) is 0 Å². The summed E-state index contributed by atoms with van der Waals surface area (Å²) >= 11 is 1.35. The van der Waals surface area contributed by atoms with Crippen LogP contribution < -0.4 is 22.5 Å². The summed E-state index contributed by atoms with van der Waals surface area (Å²) in [6, 6.07) is -1.15. The summed E-state index contributed by atoms with van der Waals surface area (Å²) in [5.41, 5.74) is 10.3. The number of cyclic esters (lactones) is 1. The highest BCUT2D eigenvalue weighted by Gasteiger charge is 2.51. The minimum absolute atomic E-state index is 0.0141. The van der Waals surface area contributed by atoms with Crippen LogP contribution in [0, 0.1) is 23.6 Å². The van der Waals surface area contributed by atoms with Gasteiger partial charge in [0, 0.05) is 56.9 Å². The molecular weight excluding hydrogens is 1340 g/mol. The van der Waals surface area contributed by atoms with Crippen molar-refractivity contribution in [2.24, 2.45) is 23.5 Å². The Morgan fingerprint density at radius 1 is 0.680 bits per heavy atom. The van der Waals surface area contributed by atoms with E-state index in [0.717, 1.165) is 10.8 Å². The third-order valence-electron chi connectivity index (χ3n) is 16.6. The summed E-state index contributed by atoms with van der Waals surface area (Å²) in [6.07, 6.45) is 4.45. The Hall–Kier alpha value is -4.80. The largest absolute Gasteiger partial charge is 0.462 e. The SMILES string of the molecule is COCCOCCOCCOCCOCCOCCNC(=O)[C@H]1[C@@H]2C[C@@H](OC3OC(C)C(O)C(N)C3O)/C=C/C=C/C=C/C=C/C=C/C=C/C=C\[C@H](C)[C@@H](O)[C@H](C)[C@H](C)OC(=O)C[C@H](O)C[C@H](O)[C@@H](O)CC[C@H](O)C[C@H](O)C[C@](O)(C[C@@H]1O)O2.Nc1nc(=O)n([C@H]2CS[C@@H](CO)O2)cc1F. The van der Waals surface area contributed by atoms with Crippen LogP contribution >= 0.6 is 11.8 Å². The Bertz CT molecular complexity index is 2750. The monoisotopic (exact) mass is 1450 g/mol. The molecule has 16 N–H and O–H groups in total. The molecule has 5 heterocycles. The first-order valence-corrected chi connectivity index (χ1v) is 34.9. The van der Waals surface area contributed by atoms with Gasteiger partial charge in [-0.3, -0.25) is 14.2 Å². The zero-order valence-corrected chi connectivity index (χ0v) is 58.6. The number of carbonyl (C=O) groups excluding carboxylic acids is 2. The van der Waals surface area contributed by atoms with E-state index in [0.29, 0.717) is 58.6 Å². The fourth-order valence-corrected chi connectivity index (χ4v) is 11.8. The molecule has 4 aliphatic rings. The molecule has 21 atom stereocenters. The number of allylic oxidation sites excluding steroid dienone is 12. The molecule has 0 aliphatic carbocycles. The molecule has 1 aromatic rings. The lowest BCUT2D eigenvalue weighted by Crippen LogP contribution is -2.62. The number of carbonyl (C=O) groups is 2. The summed E-state index contributed by atoms with van der Waals surface area (Å²) < 4.78 is 75.8. The summed E-state index contributed by atoms with van der Waals surface area (Å²) in [4.78, 5) is 41.6. The number of anilines is 1. The van der Waals surface area contributed by atoms with Gasteiger partial charge in [-0.15, -0.1) is 11.8 Å². The lowest BCUT2D eigenvalue weighted by Gasteiger charge is -2.46. The van der Waals surface area contributed by atoms with Crippen molar-refractivity contribution >= 4 is 29.5 Å². The maximum atomic E-state index is 14.1. The number of halogens is 1. The van der Waals surface area contributed by atoms with E-state index in [-0.39, 0.29) is 64.6 Å². The van der Waals surface area contributed by atoms with E-state index in [4.69, 9.17) is 68.7 Å². The normalized spacial score (nSPS) is 35.8. The van der Waals surface area contributed by atoms with Gasteiger partial charge in [0.05, 0.1) is 171 Å². The van der Waals surface area contributed by atoms with Crippen LogP contribution in [0.4, 0.5) is 10.2 Å². The molecule has 0 aromatic carbocycles. The average molecular weight is 1450 g/mol. The summed E-state index contributed by atoms with van der Waals surface area (Å²) in [6.45, 7) is 10.6. The predicted octanol–water partition coefficient (Wildman–Crippen LogP) is 0.0177. The average Bonchev–Trinajstić information content (AvgIpc) is 0.851. The maximum Gasteiger partial charge on any atom is 0.351 e. The predicted molar refractivity (Wildman–Crippen MR) is 365 cm³/mol. The summed E-state index contributed by atoms with van der Waals surface area (Å²) in [5.74, 6) is -6.55. The topological polar surface area (TPSA) is 457 Å². The number of aromatic nitrogens is 2. The molecule has 4 aliphatic heterocycles. The van der Waals surface area contributed by atoms with Crippen molar-refractivity contribution in [2.45, 2.75) is 188 Å². The summed E-state index contributed by atoms with van der Waals surface area (Å²) in [7, 11) is 1.60. The number of nitrogen functional groups attached to an aromatic ring is 1. The highest BCUT2D eigenvalue weighted by molar-refractivity contribution is 8.00. The number of aliphatic hydroxyl groups is 11. The Morgan fingerprint density at radius 2 is 1.24 bits per heavy atom. The van der Waals surface area contributed by atoms with E-state index < -0.39 is 176 Å². The minimum Gasteiger partial charge on any atom is -0.462 e. The quantitative estimate of drug-likeness (QED) is 0.0507. The maximum absolute atomic E-state index is 14.1. The van der Waals surface area contributed by atoms with Crippen molar-refractivity contribution in [3.8, 4) is 0 Å². The Morgan fingerprint density at radius 3 is 1.81 bits per heavy atom. The van der Waals surface area contributed by atoms with Crippen molar-refractivity contribution in [2.75, 3.05) is 104 Å². The van der Waals surface area contributed by atoms with E-state index in [1.807, 2.05) is 37.3 Å². The van der Waals surface area contributed by atoms with E-state index in [9.17, 15) is 69.8 Å². The van der Waals surface area contributed by atoms with Gasteiger partial charge < -0.3 is 125 Å². The first-order valence-electron chi connectivity index (χ1n) is 33.8. The fraction of sp³-hybridized carbons (Fsp3) is 0.706. The number of ether oxygens (including phenoxy) is 11. The van der Waals surface area contributed by atoms with Crippen LogP contribution in [0.3, 0.4) is 0 Å². The van der Waals surface area contributed by atoms with Gasteiger partial charge in [-0.25, -0.2) is 9.18 Å². The highest BCUT2D eigenvalue weighted by Crippen LogP contribution is 2.39. The Balaban J connectivity index is 0.00000115. The molecule has 5 rings (SSSR count). The van der Waals surface area contributed by atoms with Crippen LogP contribution in [-0.2, 0) is 61.7 Å². The molecule has 30 nitrogen and oxygen atoms in total. The van der Waals surface area contributed by atoms with Gasteiger partial charge in [0.15, 0.2) is 23.7 Å². The lowest BCUT2D eigenvalue weighted by atomic mass is 9.82. The van der Waals surface area contributed by atoms with E-state index in [1.165, 1.54) is 11.8 Å². The smallest absolute Gasteiger partial charge is 0.351 e. The number of esters is 1. The third-order valence-corrected chi connectivity index (χ3v) is 17.7. The van der Waals surface area contributed by atoms with Crippen molar-refractivity contribution in [3.63, 3.8) is 0 Å². The van der Waals surface area contributed by atoms with Crippen molar-refractivity contribution < 1.29 is 122 Å². The molecule has 3 saturated heterocycles. The molecule has 0 saturated carbocycles. The second-order valence-electron chi connectivity index (χ2n) is 24.8. The zero-order chi connectivity index (χ0) is 73.6. The Kier molecular flexibility index (Phi) is 42.3. The lowest BCUT2D eigenvalue weighted by molar-refractivity contribution is -0.307. The fourth-order valence-electron chi connectivity index (χ4n) is 10.8. The molecule has 3 fully saturated rings. The molecule has 570 valence electrons. The van der Waals surface area contributed by atoms with E-state index in [2.05, 4.69) is 10.3 Å². The number of nitrogens with zero attached hydrogens (tertiary/aromatic N) is 2. The van der Waals surface area contributed by atoms with Crippen molar-refractivity contribution in [3.05, 3.63) is 108 Å². The summed E-state index contributed by atoms with van der Waals surface area (Å²) in [5, 5.41) is 122. The van der Waals surface area contributed by atoms with Crippen molar-refractivity contribution in [1.29, 1.82) is 0 Å². The van der Waals surface area contributed by atoms with E-state index >= 15 is 0 Å². The molecule has 1 amide bonds. The highest BCUT2D eigenvalue weighted by atomic mass is 32.2. The van der Waals surface area contributed by atoms with Crippen LogP contribution in [0.15, 0.2) is 96.1 Å². The van der Waals surface area contributed by atoms with Crippen LogP contribution in [0.25, 0.3) is 0 Å². The molecule has 5 unspecified atom stereocenters. The number of nitrogens with two attached hydrogens (primary N) is 2. The van der Waals surface area contributed by atoms with Crippen molar-refractivity contribution in [1.82, 2.24) is 14.9 Å². The molecule has 100 heavy (non-hydrogen) atoms. The second kappa shape index (κ2) is 48.3. The Labute approximate surface area is 588 Å². The van der Waals surface area contributed by atoms with Gasteiger partial charge in [-0.1, -0.05) is 98.9 Å². The standard InChI is InChI=1S/C60H100N2O22.C8H10FN3O3S/c1-40-18-16-14-12-10-8-6-7-9-11-13-15-17-19-47(83-59-57(72)54(61)56(71)43(4)82-59)37-51-53(58(73)62-22-23-76-26-27-78-30-31-80-33-32-79-29-28-77-25-24-75-5)50(68)39-60(74,84-51)38-46(65)34-44(63)20-21-48(66)49(67)35-45(64)36-52(69)81-42(3)41(2)55(40)70;9-4-1-12(8(14)11-7(4)10)5-3-16-6(2-13)15-5/h6-19,40-51,53-57,59,63-68,70-72,74H,20-39,61H2,1-5H3,(H,62,73);1,5-6,13H,2-3H2,(H2,10,11,14)/b7-6+,10-8+,11-9+,14-12+,15-13+,18-16-,19-17+;/t40-,41+,42-,43?,44-,45+,46-,47-,48-,49-,50-,51-,53+,54?,55+,56?,57?,59?,60+;5-,6+/m01/s1. The molecule has 0 spiro atoms. The van der Waals surface area contributed by atoms with Gasteiger partial charge >= 0.3 is 11.7 Å². The number of fused-ring (bicyclic) bond motifs is 2. The number of rotatable bonds is 23. The first kappa shape index (κ1) is 87.6. The van der Waals surface area contributed by atoms with Gasteiger partial charge in [-0.05, 0) is 33.1 Å². The van der Waals surface area contributed by atoms with E-state index in [1.54, 1.807) is 82.6 Å².